The van der Waals surface area contributed by atoms with Gasteiger partial charge in [-0.05, 0) is 6.92 Å². The maximum atomic E-state index is 11.1. The Kier molecular flexibility index (Phi) is 2.84. The number of amides is 1. The van der Waals surface area contributed by atoms with Crippen LogP contribution in [-0.2, 0) is 9.53 Å². The molecule has 1 heterocycles. The molecule has 1 saturated heterocycles. The Morgan fingerprint density at radius 2 is 2.09 bits per heavy atom. The van der Waals surface area contributed by atoms with Crippen molar-refractivity contribution < 1.29 is 14.6 Å². The van der Waals surface area contributed by atoms with Gasteiger partial charge in [-0.2, -0.15) is 0 Å². The van der Waals surface area contributed by atoms with Crippen molar-refractivity contribution in [2.24, 2.45) is 0 Å². The molecule has 1 aliphatic rings. The van der Waals surface area contributed by atoms with Crippen LogP contribution in [0.5, 0.6) is 0 Å². The number of morpholine rings is 1. The molecule has 0 bridgehead atoms. The van der Waals surface area contributed by atoms with E-state index in [0.29, 0.717) is 26.3 Å². The molecule has 1 amide bonds. The van der Waals surface area contributed by atoms with Crippen LogP contribution in [0.2, 0.25) is 0 Å². The fourth-order valence-corrected chi connectivity index (χ4v) is 1.05. The molecule has 0 spiro atoms. The van der Waals surface area contributed by atoms with Gasteiger partial charge in [-0.15, -0.1) is 0 Å². The minimum atomic E-state index is -0.881. The van der Waals surface area contributed by atoms with Gasteiger partial charge in [0.15, 0.2) is 0 Å². The van der Waals surface area contributed by atoms with Gasteiger partial charge in [0.25, 0.3) is 5.91 Å². The second kappa shape index (κ2) is 3.69. The average Bonchev–Trinajstić information content (AvgIpc) is 2.05. The van der Waals surface area contributed by atoms with E-state index in [1.54, 1.807) is 4.90 Å². The van der Waals surface area contributed by atoms with Gasteiger partial charge in [0, 0.05) is 13.1 Å². The van der Waals surface area contributed by atoms with Crippen molar-refractivity contribution >= 4 is 5.91 Å². The summed E-state index contributed by atoms with van der Waals surface area (Å²) in [7, 11) is 0. The van der Waals surface area contributed by atoms with Crippen molar-refractivity contribution in [2.75, 3.05) is 26.3 Å². The third-order valence-corrected chi connectivity index (χ3v) is 1.68. The summed E-state index contributed by atoms with van der Waals surface area (Å²) in [6.07, 6.45) is -0.881. The largest absolute Gasteiger partial charge is 0.384 e. The van der Waals surface area contributed by atoms with Crippen LogP contribution >= 0.6 is 0 Å². The zero-order valence-electron chi connectivity index (χ0n) is 6.62. The second-order valence-electron chi connectivity index (χ2n) is 2.61. The fourth-order valence-electron chi connectivity index (χ4n) is 1.05. The average molecular weight is 159 g/mol. The van der Waals surface area contributed by atoms with Crippen molar-refractivity contribution in [1.82, 2.24) is 4.90 Å². The normalized spacial score (nSPS) is 21.5. The van der Waals surface area contributed by atoms with E-state index in [4.69, 9.17) is 9.84 Å². The molecule has 0 saturated carbocycles. The van der Waals surface area contributed by atoms with E-state index in [1.807, 2.05) is 0 Å². The zero-order chi connectivity index (χ0) is 8.27. The topological polar surface area (TPSA) is 49.8 Å². The molecule has 0 aromatic rings. The van der Waals surface area contributed by atoms with E-state index in [0.717, 1.165) is 0 Å². The lowest BCUT2D eigenvalue weighted by Gasteiger charge is -2.27. The standard InChI is InChI=1S/C7H13NO3/c1-6(9)7(10)8-2-4-11-5-3-8/h6,9H,2-5H2,1H3/t6-/m1/s1. The summed E-state index contributed by atoms with van der Waals surface area (Å²) in [6.45, 7) is 3.85. The number of rotatable bonds is 1. The minimum absolute atomic E-state index is 0.201. The van der Waals surface area contributed by atoms with E-state index in [1.165, 1.54) is 6.92 Å². The van der Waals surface area contributed by atoms with Crippen molar-refractivity contribution in [1.29, 1.82) is 0 Å². The van der Waals surface area contributed by atoms with Crippen LogP contribution in [0.3, 0.4) is 0 Å². The molecule has 1 rings (SSSR count). The first-order valence-electron chi connectivity index (χ1n) is 3.76. The Morgan fingerprint density at radius 3 is 2.55 bits per heavy atom. The number of carbonyl (C=O) groups excluding carboxylic acids is 1. The summed E-state index contributed by atoms with van der Waals surface area (Å²) >= 11 is 0. The molecule has 4 heteroatoms. The Hall–Kier alpha value is -0.610. The number of carbonyl (C=O) groups is 1. The summed E-state index contributed by atoms with van der Waals surface area (Å²) in [5.41, 5.74) is 0. The van der Waals surface area contributed by atoms with Gasteiger partial charge in [0.2, 0.25) is 0 Å². The molecular weight excluding hydrogens is 146 g/mol. The van der Waals surface area contributed by atoms with Gasteiger partial charge in [0.05, 0.1) is 13.2 Å². The van der Waals surface area contributed by atoms with Crippen LogP contribution in [0.25, 0.3) is 0 Å². The van der Waals surface area contributed by atoms with Crippen LogP contribution in [0.15, 0.2) is 0 Å². The van der Waals surface area contributed by atoms with Gasteiger partial charge in [-0.3, -0.25) is 4.79 Å². The lowest BCUT2D eigenvalue weighted by molar-refractivity contribution is -0.143. The van der Waals surface area contributed by atoms with Crippen LogP contribution < -0.4 is 0 Å². The molecular formula is C7H13NO3. The van der Waals surface area contributed by atoms with Crippen molar-refractivity contribution in [2.45, 2.75) is 13.0 Å². The summed E-state index contributed by atoms with van der Waals surface area (Å²) in [6, 6.07) is 0. The maximum absolute atomic E-state index is 11.1. The van der Waals surface area contributed by atoms with Gasteiger partial charge in [-0.25, -0.2) is 0 Å². The molecule has 0 unspecified atom stereocenters. The molecule has 0 aromatic heterocycles. The van der Waals surface area contributed by atoms with E-state index < -0.39 is 6.10 Å². The molecule has 11 heavy (non-hydrogen) atoms. The highest BCUT2D eigenvalue weighted by atomic mass is 16.5. The lowest BCUT2D eigenvalue weighted by Crippen LogP contribution is -2.44. The third-order valence-electron chi connectivity index (χ3n) is 1.68. The molecule has 1 fully saturated rings. The Balaban J connectivity index is 2.39. The molecule has 0 radical (unpaired) electrons. The number of nitrogens with zero attached hydrogens (tertiary/aromatic N) is 1. The molecule has 0 aliphatic carbocycles. The van der Waals surface area contributed by atoms with E-state index in [-0.39, 0.29) is 5.91 Å². The monoisotopic (exact) mass is 159 g/mol. The lowest BCUT2D eigenvalue weighted by atomic mass is 10.3. The Bertz CT molecular complexity index is 141. The SMILES string of the molecule is C[C@@H](O)C(=O)N1CCOCC1. The highest BCUT2D eigenvalue weighted by Crippen LogP contribution is 1.99. The van der Waals surface area contributed by atoms with Crippen LogP contribution in [0.1, 0.15) is 6.92 Å². The molecule has 4 nitrogen and oxygen atoms in total. The van der Waals surface area contributed by atoms with E-state index >= 15 is 0 Å². The van der Waals surface area contributed by atoms with Crippen molar-refractivity contribution in [3.63, 3.8) is 0 Å². The van der Waals surface area contributed by atoms with Gasteiger partial charge in [-0.1, -0.05) is 0 Å². The molecule has 64 valence electrons. The van der Waals surface area contributed by atoms with Crippen LogP contribution in [0.4, 0.5) is 0 Å². The predicted octanol–water partition coefficient (Wildman–Crippen LogP) is -0.774. The van der Waals surface area contributed by atoms with E-state index in [9.17, 15) is 4.79 Å². The van der Waals surface area contributed by atoms with Crippen molar-refractivity contribution in [3.8, 4) is 0 Å². The quantitative estimate of drug-likeness (QED) is 0.546. The number of aliphatic hydroxyl groups is 1. The first kappa shape index (κ1) is 8.49. The Labute approximate surface area is 65.8 Å². The second-order valence-corrected chi connectivity index (χ2v) is 2.61. The number of hydrogen-bond donors (Lipinski definition) is 1. The smallest absolute Gasteiger partial charge is 0.251 e. The van der Waals surface area contributed by atoms with E-state index in [2.05, 4.69) is 0 Å². The van der Waals surface area contributed by atoms with Crippen molar-refractivity contribution in [3.05, 3.63) is 0 Å². The maximum Gasteiger partial charge on any atom is 0.251 e. The summed E-state index contributed by atoms with van der Waals surface area (Å²) in [4.78, 5) is 12.7. The molecule has 0 aromatic carbocycles. The number of hydrogen-bond acceptors (Lipinski definition) is 3. The molecule has 1 N–H and O–H groups in total. The highest BCUT2D eigenvalue weighted by molar-refractivity contribution is 5.80. The molecule has 1 aliphatic heterocycles. The summed E-state index contributed by atoms with van der Waals surface area (Å²) in [5, 5.41) is 8.94. The molecule has 1 atom stereocenters. The van der Waals surface area contributed by atoms with Crippen LogP contribution in [-0.4, -0.2) is 48.3 Å². The third kappa shape index (κ3) is 2.17. The van der Waals surface area contributed by atoms with Gasteiger partial charge < -0.3 is 14.7 Å². The number of aliphatic hydroxyl groups excluding tert-OH is 1. The summed E-state index contributed by atoms with van der Waals surface area (Å²) in [5.74, 6) is -0.201. The highest BCUT2D eigenvalue weighted by Gasteiger charge is 2.19. The van der Waals surface area contributed by atoms with Crippen LogP contribution in [0, 0.1) is 0 Å². The number of ether oxygens (including phenoxy) is 1. The Morgan fingerprint density at radius 1 is 1.55 bits per heavy atom. The first-order valence-corrected chi connectivity index (χ1v) is 3.76. The van der Waals surface area contributed by atoms with Gasteiger partial charge in [0.1, 0.15) is 6.10 Å². The minimum Gasteiger partial charge on any atom is -0.384 e. The zero-order valence-corrected chi connectivity index (χ0v) is 6.62. The summed E-state index contributed by atoms with van der Waals surface area (Å²) < 4.78 is 5.05. The predicted molar refractivity (Wildman–Crippen MR) is 39.1 cm³/mol. The van der Waals surface area contributed by atoms with Gasteiger partial charge >= 0.3 is 0 Å². The first-order chi connectivity index (χ1) is 5.22. The fraction of sp³-hybridized carbons (Fsp3) is 0.857.